The first-order valence-electron chi connectivity index (χ1n) is 13.1. The van der Waals surface area contributed by atoms with E-state index in [0.29, 0.717) is 29.0 Å². The smallest absolute Gasteiger partial charge is 0.204 e. The van der Waals surface area contributed by atoms with E-state index in [4.69, 9.17) is 0 Å². The molecule has 0 unspecified atom stereocenters. The highest BCUT2D eigenvalue weighted by Crippen LogP contribution is 2.73. The lowest BCUT2D eigenvalue weighted by molar-refractivity contribution is -0.129. The Bertz CT molecular complexity index is 1030. The molecule has 3 saturated carbocycles. The number of hydrogen-bond acceptors (Lipinski definition) is 2. The summed E-state index contributed by atoms with van der Waals surface area (Å²) in [4.78, 5) is 15.7. The van der Waals surface area contributed by atoms with Gasteiger partial charge in [-0.05, 0) is 108 Å². The Balaban J connectivity index is 1.50. The summed E-state index contributed by atoms with van der Waals surface area (Å²) in [5.74, 6) is 1.68. The number of nitrogens with one attached hydrogen (secondary N) is 1. The van der Waals surface area contributed by atoms with E-state index in [1.807, 2.05) is 0 Å². The lowest BCUT2D eigenvalue weighted by Gasteiger charge is -2.64. The Kier molecular flexibility index (Phi) is 5.05. The van der Waals surface area contributed by atoms with Crippen molar-refractivity contribution in [1.82, 2.24) is 4.98 Å². The topological polar surface area (TPSA) is 53.1 Å². The van der Waals surface area contributed by atoms with Crippen LogP contribution in [0.25, 0.3) is 0 Å². The molecule has 0 bridgehead atoms. The minimum absolute atomic E-state index is 0.0203. The maximum Gasteiger partial charge on any atom is 0.204 e. The maximum absolute atomic E-state index is 12.5. The molecule has 3 nitrogen and oxygen atoms in total. The second-order valence-electron chi connectivity index (χ2n) is 13.2. The predicted octanol–water partition coefficient (Wildman–Crippen LogP) is 7.21. The predicted molar refractivity (Wildman–Crippen MR) is 134 cm³/mol. The number of carbonyl (C=O) groups excluding carboxylic acids is 1. The van der Waals surface area contributed by atoms with E-state index in [2.05, 4.69) is 64.5 Å². The fourth-order valence-electron chi connectivity index (χ4n) is 9.20. The molecule has 1 aromatic heterocycles. The first-order valence-corrected chi connectivity index (χ1v) is 13.1. The zero-order valence-electron chi connectivity index (χ0n) is 21.6. The molecule has 0 aliphatic heterocycles. The Morgan fingerprint density at radius 3 is 2.45 bits per heavy atom. The molecule has 3 heteroatoms. The zero-order valence-corrected chi connectivity index (χ0v) is 21.6. The quantitative estimate of drug-likeness (QED) is 0.291. The van der Waals surface area contributed by atoms with Crippen LogP contribution in [-0.2, 0) is 0 Å². The van der Waals surface area contributed by atoms with Gasteiger partial charge in [-0.1, -0.05) is 52.8 Å². The first kappa shape index (κ1) is 23.1. The molecule has 0 amide bonds. The molecule has 0 saturated heterocycles. The van der Waals surface area contributed by atoms with Gasteiger partial charge in [0.2, 0.25) is 5.78 Å². The summed E-state index contributed by atoms with van der Waals surface area (Å²) < 4.78 is 0. The van der Waals surface area contributed by atoms with Crippen molar-refractivity contribution in [3.05, 3.63) is 47.3 Å². The van der Waals surface area contributed by atoms with Gasteiger partial charge in [0.25, 0.3) is 0 Å². The summed E-state index contributed by atoms with van der Waals surface area (Å²) in [5.41, 5.74) is 4.95. The molecule has 33 heavy (non-hydrogen) atoms. The maximum atomic E-state index is 12.5. The number of aromatic amines is 1. The summed E-state index contributed by atoms with van der Waals surface area (Å²) in [5, 5.41) is 10.8. The van der Waals surface area contributed by atoms with Crippen molar-refractivity contribution >= 4 is 5.78 Å². The summed E-state index contributed by atoms with van der Waals surface area (Å²) in [6.45, 7) is 17.8. The second kappa shape index (κ2) is 7.20. The largest absolute Gasteiger partial charge is 0.393 e. The van der Waals surface area contributed by atoms with Crippen molar-refractivity contribution in [2.24, 2.45) is 33.5 Å². The second-order valence-corrected chi connectivity index (χ2v) is 13.2. The van der Waals surface area contributed by atoms with Crippen molar-refractivity contribution in [3.8, 4) is 0 Å². The minimum Gasteiger partial charge on any atom is -0.393 e. The van der Waals surface area contributed by atoms with Crippen LogP contribution in [0.4, 0.5) is 0 Å². The van der Waals surface area contributed by atoms with Gasteiger partial charge in [-0.2, -0.15) is 0 Å². The minimum atomic E-state index is -0.185. The van der Waals surface area contributed by atoms with E-state index in [1.54, 1.807) is 12.5 Å². The van der Waals surface area contributed by atoms with Crippen LogP contribution in [0, 0.1) is 33.5 Å². The summed E-state index contributed by atoms with van der Waals surface area (Å²) >= 11 is 0. The van der Waals surface area contributed by atoms with Crippen LogP contribution in [0.1, 0.15) is 108 Å². The monoisotopic (exact) mass is 449 g/mol. The highest BCUT2D eigenvalue weighted by molar-refractivity contribution is 6.06. The summed E-state index contributed by atoms with van der Waals surface area (Å²) in [6.07, 6.45) is 12.6. The molecule has 4 aliphatic rings. The van der Waals surface area contributed by atoms with E-state index in [9.17, 15) is 9.90 Å². The first-order chi connectivity index (χ1) is 15.4. The molecule has 0 radical (unpaired) electrons. The fraction of sp³-hybridized carbons (Fsp3) is 0.700. The summed E-state index contributed by atoms with van der Waals surface area (Å²) in [7, 11) is 0. The van der Waals surface area contributed by atoms with Crippen molar-refractivity contribution in [3.63, 3.8) is 0 Å². The van der Waals surface area contributed by atoms with Crippen LogP contribution in [0.2, 0.25) is 0 Å². The molecule has 0 aromatic carbocycles. The van der Waals surface area contributed by atoms with Gasteiger partial charge >= 0.3 is 0 Å². The van der Waals surface area contributed by atoms with Crippen molar-refractivity contribution in [1.29, 1.82) is 0 Å². The third-order valence-electron chi connectivity index (χ3n) is 11.5. The van der Waals surface area contributed by atoms with Crippen LogP contribution < -0.4 is 0 Å². The van der Waals surface area contributed by atoms with Crippen molar-refractivity contribution in [2.75, 3.05) is 0 Å². The standard InChI is InChI=1S/C30H43NO2/c1-18(2)26(33)23-16-19(17-31-23)20-10-14-30(7)22-8-9-24-27(3,4)25(32)12-13-28(24,5)21(22)11-15-29(20,30)6/h8,16-17,20-21,24-25,31-32H,1,9-15H2,2-7H3/t20-,21-,24-,25+,28+,29-,30+/m0/s1. The number of H-pyrrole nitrogens is 1. The number of fused-ring (bicyclic) bond motifs is 5. The van der Waals surface area contributed by atoms with Crippen molar-refractivity contribution in [2.45, 2.75) is 98.5 Å². The molecule has 3 fully saturated rings. The Hall–Kier alpha value is -1.61. The lowest BCUT2D eigenvalue weighted by Crippen LogP contribution is -2.57. The molecule has 2 N–H and O–H groups in total. The molecular weight excluding hydrogens is 406 g/mol. The normalized spacial score (nSPS) is 43.8. The molecular formula is C30H43NO2. The highest BCUT2D eigenvalue weighted by atomic mass is 16.3. The third-order valence-corrected chi connectivity index (χ3v) is 11.5. The van der Waals surface area contributed by atoms with E-state index < -0.39 is 0 Å². The van der Waals surface area contributed by atoms with Gasteiger partial charge in [0.15, 0.2) is 0 Å². The molecule has 7 atom stereocenters. The Morgan fingerprint density at radius 2 is 1.76 bits per heavy atom. The highest BCUT2D eigenvalue weighted by Gasteiger charge is 2.65. The number of allylic oxidation sites excluding steroid dienone is 3. The number of carbonyl (C=O) groups is 1. The van der Waals surface area contributed by atoms with E-state index >= 15 is 0 Å². The number of aliphatic hydroxyl groups is 1. The summed E-state index contributed by atoms with van der Waals surface area (Å²) in [6, 6.07) is 2.10. The number of rotatable bonds is 3. The van der Waals surface area contributed by atoms with Gasteiger partial charge in [0, 0.05) is 6.20 Å². The van der Waals surface area contributed by atoms with E-state index in [1.165, 1.54) is 31.2 Å². The average molecular weight is 450 g/mol. The molecule has 5 rings (SSSR count). The van der Waals surface area contributed by atoms with Crippen LogP contribution >= 0.6 is 0 Å². The van der Waals surface area contributed by atoms with Gasteiger partial charge in [0.1, 0.15) is 0 Å². The molecule has 1 aromatic rings. The third kappa shape index (κ3) is 2.93. The van der Waals surface area contributed by atoms with Crippen LogP contribution in [-0.4, -0.2) is 22.0 Å². The average Bonchev–Trinajstić information content (AvgIpc) is 3.33. The van der Waals surface area contributed by atoms with Gasteiger partial charge in [-0.3, -0.25) is 4.79 Å². The lowest BCUT2D eigenvalue weighted by atomic mass is 9.41. The zero-order chi connectivity index (χ0) is 24.0. The Morgan fingerprint density at radius 1 is 1.06 bits per heavy atom. The number of ketones is 1. The van der Waals surface area contributed by atoms with Crippen LogP contribution in [0.3, 0.4) is 0 Å². The van der Waals surface area contributed by atoms with E-state index in [-0.39, 0.29) is 33.5 Å². The van der Waals surface area contributed by atoms with Gasteiger partial charge in [-0.15, -0.1) is 0 Å². The fourth-order valence-corrected chi connectivity index (χ4v) is 9.20. The molecule has 4 aliphatic carbocycles. The number of aromatic nitrogens is 1. The number of Topliss-reactive ketones (excluding diaryl/α,β-unsaturated/α-hetero) is 1. The Labute approximate surface area is 200 Å². The number of aliphatic hydroxyl groups excluding tert-OH is 1. The van der Waals surface area contributed by atoms with Crippen LogP contribution in [0.5, 0.6) is 0 Å². The van der Waals surface area contributed by atoms with Gasteiger partial charge in [0.05, 0.1) is 11.8 Å². The van der Waals surface area contributed by atoms with Gasteiger partial charge in [-0.25, -0.2) is 0 Å². The molecule has 1 heterocycles. The van der Waals surface area contributed by atoms with Gasteiger partial charge < -0.3 is 10.1 Å². The molecule has 180 valence electrons. The van der Waals surface area contributed by atoms with E-state index in [0.717, 1.165) is 19.3 Å². The van der Waals surface area contributed by atoms with Crippen LogP contribution in [0.15, 0.2) is 36.1 Å². The number of hydrogen-bond donors (Lipinski definition) is 2. The molecule has 0 spiro atoms. The van der Waals surface area contributed by atoms with Crippen molar-refractivity contribution < 1.29 is 9.90 Å². The SMILES string of the molecule is C=C(C)C(=O)c1cc([C@@H]2CC[C@]3(C)C4=CC[C@H]5C(C)(C)[C@H](O)CC[C@]5(C)[C@H]4CC[C@@]23C)c[nH]1.